The average molecular weight is 317 g/mol. The molecule has 1 saturated heterocycles. The van der Waals surface area contributed by atoms with Gasteiger partial charge in [-0.2, -0.15) is 0 Å². The van der Waals surface area contributed by atoms with E-state index in [2.05, 4.69) is 22.5 Å². The van der Waals surface area contributed by atoms with Crippen molar-refractivity contribution in [1.29, 1.82) is 5.41 Å². The first kappa shape index (κ1) is 15.5. The second-order valence-electron chi connectivity index (χ2n) is 6.47. The third-order valence-corrected chi connectivity index (χ3v) is 4.61. The molecule has 0 saturated carbocycles. The Hall–Kier alpha value is -2.41. The predicted octanol–water partition coefficient (Wildman–Crippen LogP) is 1.96. The highest BCUT2D eigenvalue weighted by atomic mass is 19.1. The molecule has 0 aromatic heterocycles. The van der Waals surface area contributed by atoms with Crippen molar-refractivity contribution in [1.82, 2.24) is 4.90 Å². The van der Waals surface area contributed by atoms with E-state index in [0.717, 1.165) is 31.1 Å². The van der Waals surface area contributed by atoms with Crippen molar-refractivity contribution in [3.8, 4) is 0 Å². The number of primary amides is 1. The van der Waals surface area contributed by atoms with Gasteiger partial charge in [0.15, 0.2) is 0 Å². The van der Waals surface area contributed by atoms with E-state index in [4.69, 9.17) is 11.1 Å². The lowest BCUT2D eigenvalue weighted by molar-refractivity contribution is 0.100. The molecule has 1 fully saturated rings. The molecule has 2 heterocycles. The van der Waals surface area contributed by atoms with Crippen LogP contribution in [0.15, 0.2) is 23.5 Å². The smallest absolute Gasteiger partial charge is 0.250 e. The molecule has 7 heteroatoms. The fraction of sp³-hybridized carbons (Fsp3) is 0.375. The van der Waals surface area contributed by atoms with Crippen molar-refractivity contribution in [3.63, 3.8) is 0 Å². The van der Waals surface area contributed by atoms with Gasteiger partial charge >= 0.3 is 0 Å². The van der Waals surface area contributed by atoms with Crippen molar-refractivity contribution < 1.29 is 9.18 Å². The number of hydrogen-bond acceptors (Lipinski definition) is 5. The van der Waals surface area contributed by atoms with E-state index in [1.54, 1.807) is 0 Å². The lowest BCUT2D eigenvalue weighted by Crippen LogP contribution is -2.27. The molecule has 1 amide bonds. The summed E-state index contributed by atoms with van der Waals surface area (Å²) in [6, 6.07) is 2.43. The maximum atomic E-state index is 13.7. The molecule has 3 rings (SSSR count). The van der Waals surface area contributed by atoms with Crippen molar-refractivity contribution in [2.75, 3.05) is 30.8 Å². The molecule has 122 valence electrons. The van der Waals surface area contributed by atoms with Gasteiger partial charge in [-0.05, 0) is 32.1 Å². The monoisotopic (exact) mass is 317 g/mol. The van der Waals surface area contributed by atoms with Gasteiger partial charge in [-0.15, -0.1) is 0 Å². The standard InChI is InChI=1S/C16H20FN5O/c1-16(3-4-22(2)8-16)11(7-18)15-20-12-6-9(17)5-10(14(19)23)13(12)21-15/h5-7,18,20-21H,3-4,8H2,1-2H3,(H2,19,23)/b15-11+,18-7?. The minimum Gasteiger partial charge on any atom is -0.366 e. The number of hydrogen-bond donors (Lipinski definition) is 4. The van der Waals surface area contributed by atoms with Gasteiger partial charge in [0.05, 0.1) is 16.9 Å². The van der Waals surface area contributed by atoms with Crippen molar-refractivity contribution >= 4 is 23.5 Å². The van der Waals surface area contributed by atoms with E-state index in [1.807, 2.05) is 7.05 Å². The Labute approximate surface area is 134 Å². The third-order valence-electron chi connectivity index (χ3n) is 4.61. The maximum absolute atomic E-state index is 13.7. The summed E-state index contributed by atoms with van der Waals surface area (Å²) in [6.07, 6.45) is 2.25. The molecular formula is C16H20FN5O. The number of amides is 1. The number of nitrogens with one attached hydrogen (secondary N) is 3. The first-order valence-electron chi connectivity index (χ1n) is 7.45. The van der Waals surface area contributed by atoms with Gasteiger partial charge in [0.25, 0.3) is 5.91 Å². The number of carbonyl (C=O) groups excluding carboxylic acids is 1. The van der Waals surface area contributed by atoms with E-state index in [1.165, 1.54) is 12.3 Å². The summed E-state index contributed by atoms with van der Waals surface area (Å²) in [7, 11) is 2.04. The molecule has 6 nitrogen and oxygen atoms in total. The van der Waals surface area contributed by atoms with E-state index >= 15 is 0 Å². The normalized spacial score (nSPS) is 25.5. The second-order valence-corrected chi connectivity index (χ2v) is 6.47. The molecule has 0 spiro atoms. The Bertz CT molecular complexity index is 729. The molecule has 1 unspecified atom stereocenters. The average Bonchev–Trinajstić information content (AvgIpc) is 3.02. The van der Waals surface area contributed by atoms with Crippen LogP contribution in [0.1, 0.15) is 23.7 Å². The lowest BCUT2D eigenvalue weighted by Gasteiger charge is -2.26. The number of nitrogens with two attached hydrogens (primary N) is 1. The highest BCUT2D eigenvalue weighted by Crippen LogP contribution is 2.41. The van der Waals surface area contributed by atoms with Crippen molar-refractivity contribution in [3.05, 3.63) is 34.9 Å². The van der Waals surface area contributed by atoms with Crippen LogP contribution in [0.3, 0.4) is 0 Å². The minimum absolute atomic E-state index is 0.0977. The maximum Gasteiger partial charge on any atom is 0.250 e. The summed E-state index contributed by atoms with van der Waals surface area (Å²) in [5, 5.41) is 14.0. The van der Waals surface area contributed by atoms with Gasteiger partial charge in [0, 0.05) is 23.7 Å². The SMILES string of the molecule is CN1CCC(C)(/C(C=N)=C2\Nc3cc(F)cc(C(N)=O)c3N2)C1. The zero-order valence-electron chi connectivity index (χ0n) is 13.2. The Morgan fingerprint density at radius 2 is 2.22 bits per heavy atom. The first-order chi connectivity index (χ1) is 10.8. The molecular weight excluding hydrogens is 297 g/mol. The fourth-order valence-electron chi connectivity index (χ4n) is 3.42. The van der Waals surface area contributed by atoms with Crippen LogP contribution in [0.5, 0.6) is 0 Å². The van der Waals surface area contributed by atoms with Crippen LogP contribution in [0, 0.1) is 16.6 Å². The summed E-state index contributed by atoms with van der Waals surface area (Å²) >= 11 is 0. The highest BCUT2D eigenvalue weighted by molar-refractivity contribution is 6.04. The fourth-order valence-corrected chi connectivity index (χ4v) is 3.42. The van der Waals surface area contributed by atoms with Gasteiger partial charge in [-0.3, -0.25) is 4.79 Å². The highest BCUT2D eigenvalue weighted by Gasteiger charge is 2.38. The van der Waals surface area contributed by atoms with Crippen LogP contribution >= 0.6 is 0 Å². The van der Waals surface area contributed by atoms with Crippen LogP contribution < -0.4 is 16.4 Å². The van der Waals surface area contributed by atoms with Gasteiger partial charge < -0.3 is 26.7 Å². The van der Waals surface area contributed by atoms with E-state index < -0.39 is 11.7 Å². The zero-order valence-corrected chi connectivity index (χ0v) is 13.2. The quantitative estimate of drug-likeness (QED) is 0.641. The van der Waals surface area contributed by atoms with Crippen molar-refractivity contribution in [2.24, 2.45) is 11.1 Å². The van der Waals surface area contributed by atoms with Crippen LogP contribution in [0.4, 0.5) is 15.8 Å². The molecule has 1 atom stereocenters. The summed E-state index contributed by atoms with van der Waals surface area (Å²) in [5.74, 6) is -0.614. The molecule has 5 N–H and O–H groups in total. The minimum atomic E-state index is -0.695. The van der Waals surface area contributed by atoms with Gasteiger partial charge in [-0.25, -0.2) is 4.39 Å². The van der Waals surface area contributed by atoms with Gasteiger partial charge in [0.2, 0.25) is 0 Å². The lowest BCUT2D eigenvalue weighted by atomic mass is 9.81. The molecule has 0 aliphatic carbocycles. The van der Waals surface area contributed by atoms with Crippen LogP contribution in [-0.2, 0) is 0 Å². The Kier molecular flexibility index (Phi) is 3.60. The van der Waals surface area contributed by atoms with E-state index in [-0.39, 0.29) is 11.0 Å². The summed E-state index contributed by atoms with van der Waals surface area (Å²) < 4.78 is 13.7. The number of halogens is 1. The second kappa shape index (κ2) is 5.34. The number of fused-ring (bicyclic) bond motifs is 1. The number of nitrogens with zero attached hydrogens (tertiary/aromatic N) is 1. The summed E-state index contributed by atoms with van der Waals surface area (Å²) in [5.41, 5.74) is 6.97. The third kappa shape index (κ3) is 2.57. The summed E-state index contributed by atoms with van der Waals surface area (Å²) in [6.45, 7) is 3.89. The van der Waals surface area contributed by atoms with Crippen LogP contribution in [0.25, 0.3) is 0 Å². The van der Waals surface area contributed by atoms with Crippen molar-refractivity contribution in [2.45, 2.75) is 13.3 Å². The number of likely N-dealkylation sites (tertiary alicyclic amines) is 1. The van der Waals surface area contributed by atoms with Crippen LogP contribution in [-0.4, -0.2) is 37.2 Å². The number of benzene rings is 1. The predicted molar refractivity (Wildman–Crippen MR) is 88.2 cm³/mol. The zero-order chi connectivity index (χ0) is 16.8. The Morgan fingerprint density at radius 3 is 2.78 bits per heavy atom. The molecule has 23 heavy (non-hydrogen) atoms. The van der Waals surface area contributed by atoms with E-state index in [0.29, 0.717) is 17.2 Å². The largest absolute Gasteiger partial charge is 0.366 e. The molecule has 0 radical (unpaired) electrons. The summed E-state index contributed by atoms with van der Waals surface area (Å²) in [4.78, 5) is 13.8. The molecule has 2 aliphatic rings. The molecule has 0 bridgehead atoms. The van der Waals surface area contributed by atoms with Gasteiger partial charge in [-0.1, -0.05) is 6.92 Å². The Morgan fingerprint density at radius 1 is 1.48 bits per heavy atom. The molecule has 1 aromatic rings. The number of anilines is 2. The number of rotatable bonds is 3. The van der Waals surface area contributed by atoms with Crippen LogP contribution in [0.2, 0.25) is 0 Å². The van der Waals surface area contributed by atoms with Gasteiger partial charge in [0.1, 0.15) is 11.6 Å². The topological polar surface area (TPSA) is 94.2 Å². The molecule has 1 aromatic carbocycles. The van der Waals surface area contributed by atoms with E-state index in [9.17, 15) is 9.18 Å². The Balaban J connectivity index is 2.04. The number of carbonyl (C=O) groups is 1. The first-order valence-corrected chi connectivity index (χ1v) is 7.45. The molecule has 2 aliphatic heterocycles.